The van der Waals surface area contributed by atoms with Crippen LogP contribution in [0.2, 0.25) is 0 Å². The number of piperidine rings is 1. The van der Waals surface area contributed by atoms with Crippen LogP contribution in [0.5, 0.6) is 5.75 Å². The van der Waals surface area contributed by atoms with Gasteiger partial charge in [0.05, 0.1) is 18.5 Å². The molecule has 0 aromatic heterocycles. The van der Waals surface area contributed by atoms with Crippen LogP contribution < -0.4 is 21.1 Å². The number of amides is 1. The molecular weight excluding hydrogens is 218 g/mol. The molecule has 0 saturated carbocycles. The normalized spacial score (nSPS) is 19.6. The molecule has 2 rings (SSSR count). The molecule has 1 amide bonds. The summed E-state index contributed by atoms with van der Waals surface area (Å²) in [5.74, 6) is 0.857. The lowest BCUT2D eigenvalue weighted by Crippen LogP contribution is -2.41. The first kappa shape index (κ1) is 11.6. The molecule has 1 heterocycles. The van der Waals surface area contributed by atoms with Crippen molar-refractivity contribution < 1.29 is 9.53 Å². The number of rotatable bonds is 3. The number of nitrogen functional groups attached to an aromatic ring is 1. The summed E-state index contributed by atoms with van der Waals surface area (Å²) >= 11 is 0. The van der Waals surface area contributed by atoms with Gasteiger partial charge in [-0.05, 0) is 18.6 Å². The van der Waals surface area contributed by atoms with E-state index in [1.165, 1.54) is 0 Å². The molecule has 5 heteroatoms. The van der Waals surface area contributed by atoms with Gasteiger partial charge in [-0.3, -0.25) is 4.79 Å². The van der Waals surface area contributed by atoms with Gasteiger partial charge in [-0.25, -0.2) is 0 Å². The monoisotopic (exact) mass is 235 g/mol. The third kappa shape index (κ3) is 2.81. The molecule has 1 aliphatic rings. The van der Waals surface area contributed by atoms with E-state index >= 15 is 0 Å². The number of ether oxygens (including phenoxy) is 1. The van der Waals surface area contributed by atoms with Crippen LogP contribution in [0.25, 0.3) is 0 Å². The van der Waals surface area contributed by atoms with Crippen molar-refractivity contribution in [1.29, 1.82) is 0 Å². The highest BCUT2D eigenvalue weighted by Gasteiger charge is 2.18. The number of anilines is 2. The minimum atomic E-state index is 0.116. The van der Waals surface area contributed by atoms with E-state index in [1.807, 2.05) is 12.1 Å². The molecule has 1 fully saturated rings. The van der Waals surface area contributed by atoms with Gasteiger partial charge in [0.1, 0.15) is 5.75 Å². The largest absolute Gasteiger partial charge is 0.497 e. The van der Waals surface area contributed by atoms with Crippen molar-refractivity contribution >= 4 is 17.3 Å². The number of hydrogen-bond donors (Lipinski definition) is 3. The number of nitrogens with two attached hydrogens (primary N) is 1. The molecule has 4 N–H and O–H groups in total. The maximum atomic E-state index is 11.0. The van der Waals surface area contributed by atoms with E-state index in [2.05, 4.69) is 10.6 Å². The summed E-state index contributed by atoms with van der Waals surface area (Å²) in [6.45, 7) is 0.643. The quantitative estimate of drug-likeness (QED) is 0.682. The fraction of sp³-hybridized carbons (Fsp3) is 0.417. The van der Waals surface area contributed by atoms with Gasteiger partial charge in [-0.2, -0.15) is 0 Å². The van der Waals surface area contributed by atoms with Gasteiger partial charge in [0.2, 0.25) is 5.91 Å². The molecule has 0 aliphatic carbocycles. The highest BCUT2D eigenvalue weighted by Crippen LogP contribution is 2.25. The van der Waals surface area contributed by atoms with Gasteiger partial charge in [0.25, 0.3) is 0 Å². The molecule has 1 atom stereocenters. The average molecular weight is 235 g/mol. The standard InChI is InChI=1S/C12H17N3O2/c1-17-9-3-4-11(10(13)6-9)15-8-2-5-12(16)14-7-8/h3-4,6,8,15H,2,5,7,13H2,1H3,(H,14,16). The van der Waals surface area contributed by atoms with Crippen molar-refractivity contribution in [3.63, 3.8) is 0 Å². The van der Waals surface area contributed by atoms with E-state index in [4.69, 9.17) is 10.5 Å². The summed E-state index contributed by atoms with van der Waals surface area (Å²) in [5, 5.41) is 6.15. The Morgan fingerprint density at radius 3 is 2.94 bits per heavy atom. The SMILES string of the molecule is COc1ccc(NC2CCC(=O)NC2)c(N)c1. The predicted octanol–water partition coefficient (Wildman–Crippen LogP) is 0.968. The Morgan fingerprint density at radius 1 is 1.53 bits per heavy atom. The highest BCUT2D eigenvalue weighted by atomic mass is 16.5. The predicted molar refractivity (Wildman–Crippen MR) is 67.1 cm³/mol. The van der Waals surface area contributed by atoms with Crippen LogP contribution in [0.4, 0.5) is 11.4 Å². The van der Waals surface area contributed by atoms with Crippen LogP contribution in [-0.2, 0) is 4.79 Å². The van der Waals surface area contributed by atoms with Crippen molar-refractivity contribution in [2.24, 2.45) is 0 Å². The average Bonchev–Trinajstić information content (AvgIpc) is 2.34. The van der Waals surface area contributed by atoms with E-state index in [0.29, 0.717) is 18.7 Å². The Morgan fingerprint density at radius 2 is 2.35 bits per heavy atom. The lowest BCUT2D eigenvalue weighted by Gasteiger charge is -2.25. The zero-order valence-corrected chi connectivity index (χ0v) is 9.82. The number of carbonyl (C=O) groups excluding carboxylic acids is 1. The molecule has 0 radical (unpaired) electrons. The van der Waals surface area contributed by atoms with Gasteiger partial charge in [-0.15, -0.1) is 0 Å². The van der Waals surface area contributed by atoms with Crippen LogP contribution in [0, 0.1) is 0 Å². The van der Waals surface area contributed by atoms with Crippen molar-refractivity contribution in [2.75, 3.05) is 24.7 Å². The Kier molecular flexibility index (Phi) is 3.37. The number of nitrogens with one attached hydrogen (secondary N) is 2. The molecule has 1 saturated heterocycles. The van der Waals surface area contributed by atoms with Gasteiger partial charge >= 0.3 is 0 Å². The summed E-state index contributed by atoms with van der Waals surface area (Å²) in [4.78, 5) is 11.0. The van der Waals surface area contributed by atoms with Gasteiger partial charge in [0.15, 0.2) is 0 Å². The van der Waals surface area contributed by atoms with Crippen molar-refractivity contribution in [2.45, 2.75) is 18.9 Å². The lowest BCUT2D eigenvalue weighted by atomic mass is 10.1. The molecule has 92 valence electrons. The van der Waals surface area contributed by atoms with Crippen molar-refractivity contribution in [3.05, 3.63) is 18.2 Å². The second-order valence-electron chi connectivity index (χ2n) is 4.14. The van der Waals surface area contributed by atoms with Gasteiger partial charge < -0.3 is 21.1 Å². The smallest absolute Gasteiger partial charge is 0.220 e. The molecular formula is C12H17N3O2. The Balaban J connectivity index is 2.01. The Hall–Kier alpha value is -1.91. The molecule has 17 heavy (non-hydrogen) atoms. The first-order valence-electron chi connectivity index (χ1n) is 5.66. The molecule has 1 unspecified atom stereocenters. The molecule has 0 spiro atoms. The van der Waals surface area contributed by atoms with E-state index in [9.17, 15) is 4.79 Å². The fourth-order valence-electron chi connectivity index (χ4n) is 1.88. The summed E-state index contributed by atoms with van der Waals surface area (Å²) in [6, 6.07) is 5.78. The summed E-state index contributed by atoms with van der Waals surface area (Å²) < 4.78 is 5.09. The number of benzene rings is 1. The van der Waals surface area contributed by atoms with Crippen LogP contribution in [0.1, 0.15) is 12.8 Å². The molecule has 1 aromatic rings. The number of carbonyl (C=O) groups is 1. The Bertz CT molecular complexity index is 410. The summed E-state index contributed by atoms with van der Waals surface area (Å²) in [7, 11) is 1.61. The highest BCUT2D eigenvalue weighted by molar-refractivity contribution is 5.77. The first-order chi connectivity index (χ1) is 8.19. The maximum Gasteiger partial charge on any atom is 0.220 e. The minimum Gasteiger partial charge on any atom is -0.497 e. The number of hydrogen-bond acceptors (Lipinski definition) is 4. The Labute approximate surface area is 100 Å². The minimum absolute atomic E-state index is 0.116. The van der Waals surface area contributed by atoms with Crippen LogP contribution in [0.3, 0.4) is 0 Å². The van der Waals surface area contributed by atoms with E-state index in [-0.39, 0.29) is 11.9 Å². The van der Waals surface area contributed by atoms with Crippen LogP contribution >= 0.6 is 0 Å². The third-order valence-corrected chi connectivity index (χ3v) is 2.88. The molecule has 1 aliphatic heterocycles. The van der Waals surface area contributed by atoms with Gasteiger partial charge in [-0.1, -0.05) is 0 Å². The fourth-order valence-corrected chi connectivity index (χ4v) is 1.88. The van der Waals surface area contributed by atoms with E-state index in [1.54, 1.807) is 13.2 Å². The van der Waals surface area contributed by atoms with Crippen molar-refractivity contribution in [3.8, 4) is 5.75 Å². The van der Waals surface area contributed by atoms with Crippen molar-refractivity contribution in [1.82, 2.24) is 5.32 Å². The van der Waals surface area contributed by atoms with E-state index < -0.39 is 0 Å². The number of methoxy groups -OCH3 is 1. The summed E-state index contributed by atoms with van der Waals surface area (Å²) in [6.07, 6.45) is 1.39. The van der Waals surface area contributed by atoms with E-state index in [0.717, 1.165) is 17.9 Å². The zero-order valence-electron chi connectivity index (χ0n) is 9.82. The van der Waals surface area contributed by atoms with Crippen LogP contribution in [0.15, 0.2) is 18.2 Å². The second kappa shape index (κ2) is 4.95. The third-order valence-electron chi connectivity index (χ3n) is 2.88. The lowest BCUT2D eigenvalue weighted by molar-refractivity contribution is -0.122. The zero-order chi connectivity index (χ0) is 12.3. The first-order valence-corrected chi connectivity index (χ1v) is 5.66. The molecule has 5 nitrogen and oxygen atoms in total. The van der Waals surface area contributed by atoms with Crippen LogP contribution in [-0.4, -0.2) is 25.6 Å². The van der Waals surface area contributed by atoms with Gasteiger partial charge in [0, 0.05) is 25.1 Å². The molecule has 1 aromatic carbocycles. The summed E-state index contributed by atoms with van der Waals surface area (Å²) in [5.41, 5.74) is 7.45. The topological polar surface area (TPSA) is 76.4 Å². The molecule has 0 bridgehead atoms. The maximum absolute atomic E-state index is 11.0. The second-order valence-corrected chi connectivity index (χ2v) is 4.14.